The second kappa shape index (κ2) is 6.22. The van der Waals surface area contributed by atoms with Crippen LogP contribution in [-0.2, 0) is 11.8 Å². The van der Waals surface area contributed by atoms with Gasteiger partial charge < -0.3 is 9.80 Å². The lowest BCUT2D eigenvalue weighted by Gasteiger charge is -2.22. The number of likely N-dealkylation sites (tertiary alicyclic amines) is 1. The van der Waals surface area contributed by atoms with Gasteiger partial charge in [-0.1, -0.05) is 6.58 Å². The summed E-state index contributed by atoms with van der Waals surface area (Å²) in [5.41, 5.74) is 3.33. The molecule has 6 nitrogen and oxygen atoms in total. The van der Waals surface area contributed by atoms with E-state index in [1.807, 2.05) is 29.0 Å². The minimum Gasteiger partial charge on any atom is -0.356 e. The van der Waals surface area contributed by atoms with E-state index in [0.29, 0.717) is 5.92 Å². The summed E-state index contributed by atoms with van der Waals surface area (Å²) in [6, 6.07) is 4.27. The van der Waals surface area contributed by atoms with E-state index in [1.165, 1.54) is 18.1 Å². The zero-order chi connectivity index (χ0) is 18.5. The number of hydrogen-bond donors (Lipinski definition) is 0. The van der Waals surface area contributed by atoms with Gasteiger partial charge >= 0.3 is 0 Å². The summed E-state index contributed by atoms with van der Waals surface area (Å²) in [6.07, 6.45) is 7.75. The number of amides is 1. The summed E-state index contributed by atoms with van der Waals surface area (Å²) in [4.78, 5) is 21.1. The molecule has 3 aliphatic rings. The first-order chi connectivity index (χ1) is 13.1. The molecule has 0 aromatic carbocycles. The quantitative estimate of drug-likeness (QED) is 0.783. The molecule has 27 heavy (non-hydrogen) atoms. The summed E-state index contributed by atoms with van der Waals surface area (Å²) in [5, 5.41) is 4.65. The molecular weight excluding hydrogens is 338 g/mol. The molecule has 3 fully saturated rings. The summed E-state index contributed by atoms with van der Waals surface area (Å²) >= 11 is 0. The Morgan fingerprint density at radius 3 is 2.81 bits per heavy atom. The van der Waals surface area contributed by atoms with Gasteiger partial charge in [0, 0.05) is 57.1 Å². The van der Waals surface area contributed by atoms with Crippen molar-refractivity contribution in [3.8, 4) is 11.3 Å². The van der Waals surface area contributed by atoms with Gasteiger partial charge in [0.25, 0.3) is 0 Å². The first-order valence-electron chi connectivity index (χ1n) is 9.78. The maximum Gasteiger partial charge on any atom is 0.245 e. The van der Waals surface area contributed by atoms with Crippen molar-refractivity contribution in [2.24, 2.45) is 18.9 Å². The predicted molar refractivity (Wildman–Crippen MR) is 104 cm³/mol. The first kappa shape index (κ1) is 16.5. The monoisotopic (exact) mass is 363 g/mol. The molecule has 0 N–H and O–H groups in total. The smallest absolute Gasteiger partial charge is 0.245 e. The number of piperidine rings is 1. The van der Waals surface area contributed by atoms with Gasteiger partial charge in [0.1, 0.15) is 5.82 Å². The number of anilines is 1. The summed E-state index contributed by atoms with van der Waals surface area (Å²) < 4.78 is 1.84. The molecule has 3 unspecified atom stereocenters. The van der Waals surface area contributed by atoms with Crippen LogP contribution in [0.1, 0.15) is 24.3 Å². The van der Waals surface area contributed by atoms with E-state index < -0.39 is 0 Å². The third-order valence-electron chi connectivity index (χ3n) is 6.33. The Balaban J connectivity index is 1.48. The molecule has 6 heteroatoms. The minimum atomic E-state index is 0.0118. The molecule has 2 aromatic heterocycles. The summed E-state index contributed by atoms with van der Waals surface area (Å²) in [5.74, 6) is 3.11. The molecule has 3 atom stereocenters. The Morgan fingerprint density at radius 1 is 1.30 bits per heavy atom. The fourth-order valence-electron chi connectivity index (χ4n) is 4.66. The molecule has 0 spiro atoms. The maximum atomic E-state index is 12.0. The molecule has 1 saturated carbocycles. The van der Waals surface area contributed by atoms with Crippen molar-refractivity contribution in [1.29, 1.82) is 0 Å². The molecule has 1 aliphatic carbocycles. The van der Waals surface area contributed by atoms with Crippen LogP contribution in [0, 0.1) is 11.8 Å². The van der Waals surface area contributed by atoms with Crippen LogP contribution in [-0.4, -0.2) is 51.8 Å². The van der Waals surface area contributed by atoms with Crippen LogP contribution in [0.5, 0.6) is 0 Å². The van der Waals surface area contributed by atoms with Crippen molar-refractivity contribution < 1.29 is 4.79 Å². The third-order valence-corrected chi connectivity index (χ3v) is 6.33. The zero-order valence-electron chi connectivity index (χ0n) is 15.7. The van der Waals surface area contributed by atoms with Crippen molar-refractivity contribution in [3.63, 3.8) is 0 Å². The highest BCUT2D eigenvalue weighted by Gasteiger charge is 2.45. The Labute approximate surface area is 159 Å². The lowest BCUT2D eigenvalue weighted by molar-refractivity contribution is -0.125. The van der Waals surface area contributed by atoms with E-state index in [0.717, 1.165) is 61.5 Å². The number of nitrogens with zero attached hydrogens (tertiary/aromatic N) is 5. The van der Waals surface area contributed by atoms with E-state index in [9.17, 15) is 4.79 Å². The van der Waals surface area contributed by atoms with Gasteiger partial charge in [-0.05, 0) is 48.4 Å². The molecule has 140 valence electrons. The normalized spacial score (nSPS) is 26.3. The molecule has 1 amide bonds. The van der Waals surface area contributed by atoms with Crippen molar-refractivity contribution in [3.05, 3.63) is 42.7 Å². The molecule has 4 heterocycles. The first-order valence-corrected chi connectivity index (χ1v) is 9.78. The second-order valence-electron chi connectivity index (χ2n) is 8.14. The molecule has 2 aromatic rings. The largest absolute Gasteiger partial charge is 0.356 e. The zero-order valence-corrected chi connectivity index (χ0v) is 15.7. The number of hydrogen-bond acceptors (Lipinski definition) is 4. The van der Waals surface area contributed by atoms with Crippen molar-refractivity contribution in [2.75, 3.05) is 31.1 Å². The minimum absolute atomic E-state index is 0.0118. The van der Waals surface area contributed by atoms with Gasteiger partial charge in [0.05, 0.1) is 5.69 Å². The second-order valence-corrected chi connectivity index (χ2v) is 8.14. The van der Waals surface area contributed by atoms with E-state index in [4.69, 9.17) is 4.98 Å². The molecular formula is C21H25N5O. The van der Waals surface area contributed by atoms with Gasteiger partial charge in [0.2, 0.25) is 5.91 Å². The van der Waals surface area contributed by atoms with Gasteiger partial charge in [-0.25, -0.2) is 4.98 Å². The maximum absolute atomic E-state index is 12.0. The summed E-state index contributed by atoms with van der Waals surface area (Å²) in [6.45, 7) is 7.37. The lowest BCUT2D eigenvalue weighted by Crippen LogP contribution is -2.26. The Kier molecular flexibility index (Phi) is 3.81. The number of fused-ring (bicyclic) bond motifs is 1. The molecule has 0 bridgehead atoms. The standard InChI is InChI=1S/C21H25N5O/c1-3-21(27)25-7-4-14(11-25)18-10-22-20(26-12-15-8-16(15)13-26)9-17(18)19-5-6-24(2)23-19/h3,5-6,9-10,14-16H,1,4,7-8,11-13H2,2H3. The highest BCUT2D eigenvalue weighted by atomic mass is 16.2. The average molecular weight is 363 g/mol. The Morgan fingerprint density at radius 2 is 2.11 bits per heavy atom. The van der Waals surface area contributed by atoms with E-state index >= 15 is 0 Å². The molecule has 2 saturated heterocycles. The molecule has 2 aliphatic heterocycles. The van der Waals surface area contributed by atoms with Crippen LogP contribution >= 0.6 is 0 Å². The van der Waals surface area contributed by atoms with Gasteiger partial charge in [0.15, 0.2) is 0 Å². The number of aromatic nitrogens is 3. The van der Waals surface area contributed by atoms with Gasteiger partial charge in [-0.15, -0.1) is 0 Å². The van der Waals surface area contributed by atoms with Crippen molar-refractivity contribution >= 4 is 11.7 Å². The van der Waals surface area contributed by atoms with Crippen LogP contribution in [0.4, 0.5) is 5.82 Å². The van der Waals surface area contributed by atoms with E-state index in [1.54, 1.807) is 0 Å². The van der Waals surface area contributed by atoms with E-state index in [-0.39, 0.29) is 5.91 Å². The van der Waals surface area contributed by atoms with Crippen LogP contribution in [0.25, 0.3) is 11.3 Å². The fourth-order valence-corrected chi connectivity index (χ4v) is 4.66. The average Bonchev–Trinajstić information content (AvgIpc) is 3.10. The Hall–Kier alpha value is -2.63. The van der Waals surface area contributed by atoms with Gasteiger partial charge in [-0.2, -0.15) is 5.10 Å². The number of pyridine rings is 1. The number of rotatable bonds is 4. The number of carbonyl (C=O) groups is 1. The van der Waals surface area contributed by atoms with Crippen molar-refractivity contribution in [1.82, 2.24) is 19.7 Å². The number of carbonyl (C=O) groups excluding carboxylic acids is 1. The third kappa shape index (κ3) is 2.93. The SMILES string of the molecule is C=CC(=O)N1CCC(c2cnc(N3CC4CC4C3)cc2-c2ccn(C)n2)C1. The van der Waals surface area contributed by atoms with Crippen molar-refractivity contribution in [2.45, 2.75) is 18.8 Å². The lowest BCUT2D eigenvalue weighted by atomic mass is 9.93. The highest BCUT2D eigenvalue weighted by molar-refractivity contribution is 5.87. The number of aryl methyl sites for hydroxylation is 1. The van der Waals surface area contributed by atoms with Crippen LogP contribution in [0.2, 0.25) is 0 Å². The molecule has 0 radical (unpaired) electrons. The molecule has 5 rings (SSSR count). The highest BCUT2D eigenvalue weighted by Crippen LogP contribution is 2.46. The summed E-state index contributed by atoms with van der Waals surface area (Å²) in [7, 11) is 1.94. The van der Waals surface area contributed by atoms with Crippen LogP contribution < -0.4 is 4.90 Å². The van der Waals surface area contributed by atoms with E-state index in [2.05, 4.69) is 28.7 Å². The van der Waals surface area contributed by atoms with Crippen LogP contribution in [0.3, 0.4) is 0 Å². The fraction of sp³-hybridized carbons (Fsp3) is 0.476. The topological polar surface area (TPSA) is 54.3 Å². The van der Waals surface area contributed by atoms with Crippen LogP contribution in [0.15, 0.2) is 37.2 Å². The van der Waals surface area contributed by atoms with Gasteiger partial charge in [-0.3, -0.25) is 9.48 Å². The Bertz CT molecular complexity index is 894. The predicted octanol–water partition coefficient (Wildman–Crippen LogP) is 2.44.